The maximum atomic E-state index is 13.7. The molecule has 0 saturated carbocycles. The maximum Gasteiger partial charge on any atom is 0.254 e. The van der Waals surface area contributed by atoms with E-state index in [0.717, 1.165) is 34.9 Å². The lowest BCUT2D eigenvalue weighted by atomic mass is 10.0. The van der Waals surface area contributed by atoms with Gasteiger partial charge in [0.15, 0.2) is 0 Å². The number of carbonyl (C=O) groups is 2. The van der Waals surface area contributed by atoms with Crippen LogP contribution in [0.15, 0.2) is 79.0 Å². The molecule has 4 rings (SSSR count). The summed E-state index contributed by atoms with van der Waals surface area (Å²) < 4.78 is 13.6. The predicted molar refractivity (Wildman–Crippen MR) is 160 cm³/mol. The molecule has 0 aliphatic heterocycles. The second kappa shape index (κ2) is 13.9. The van der Waals surface area contributed by atoms with Gasteiger partial charge >= 0.3 is 0 Å². The zero-order valence-corrected chi connectivity index (χ0v) is 23.8. The quantitative estimate of drug-likeness (QED) is 0.183. The van der Waals surface area contributed by atoms with Gasteiger partial charge in [-0.05, 0) is 80.1 Å². The first-order valence-corrected chi connectivity index (χ1v) is 14.3. The van der Waals surface area contributed by atoms with Gasteiger partial charge in [-0.25, -0.2) is 4.39 Å². The monoisotopic (exact) mass is 541 g/mol. The lowest BCUT2D eigenvalue weighted by Gasteiger charge is -2.30. The number of para-hydroxylation sites is 1. The van der Waals surface area contributed by atoms with Crippen LogP contribution in [0.3, 0.4) is 0 Å². The van der Waals surface area contributed by atoms with Gasteiger partial charge < -0.3 is 14.8 Å². The van der Waals surface area contributed by atoms with Crippen LogP contribution in [0.4, 0.5) is 4.39 Å². The molecule has 0 unspecified atom stereocenters. The van der Waals surface area contributed by atoms with Gasteiger partial charge in [0.1, 0.15) is 12.4 Å². The van der Waals surface area contributed by atoms with E-state index in [2.05, 4.69) is 18.0 Å². The number of rotatable bonds is 13. The van der Waals surface area contributed by atoms with E-state index in [1.807, 2.05) is 62.5 Å². The molecule has 0 aliphatic rings. The minimum atomic E-state index is -0.312. The number of aromatic nitrogens is 1. The minimum Gasteiger partial charge on any atom is -0.361 e. The fraction of sp³-hybridized carbons (Fsp3) is 0.353. The molecule has 1 heterocycles. The van der Waals surface area contributed by atoms with Crippen molar-refractivity contribution in [1.29, 1.82) is 0 Å². The number of hydrogen-bond acceptors (Lipinski definition) is 2. The summed E-state index contributed by atoms with van der Waals surface area (Å²) >= 11 is 0. The minimum absolute atomic E-state index is 0.0240. The van der Waals surface area contributed by atoms with Crippen molar-refractivity contribution in [2.45, 2.75) is 65.5 Å². The Bertz CT molecular complexity index is 1390. The topological polar surface area (TPSA) is 56.4 Å². The van der Waals surface area contributed by atoms with Gasteiger partial charge in [0, 0.05) is 41.8 Å². The molecule has 0 radical (unpaired) electrons. The number of aromatic amines is 1. The van der Waals surface area contributed by atoms with Gasteiger partial charge in [-0.3, -0.25) is 9.59 Å². The second-order valence-electron chi connectivity index (χ2n) is 10.7. The number of carbonyl (C=O) groups excluding carboxylic acids is 2. The fourth-order valence-corrected chi connectivity index (χ4v) is 4.99. The molecule has 3 aromatic carbocycles. The highest BCUT2D eigenvalue weighted by atomic mass is 19.1. The molecular formula is C34H40FN3O2. The van der Waals surface area contributed by atoms with E-state index in [9.17, 15) is 14.0 Å². The third-order valence-electron chi connectivity index (χ3n) is 7.43. The summed E-state index contributed by atoms with van der Waals surface area (Å²) in [5, 5.41) is 1.13. The molecule has 0 bridgehead atoms. The second-order valence-corrected chi connectivity index (χ2v) is 10.7. The van der Waals surface area contributed by atoms with Gasteiger partial charge in [0.05, 0.1) is 0 Å². The van der Waals surface area contributed by atoms with Crippen molar-refractivity contribution in [2.75, 3.05) is 13.1 Å². The third kappa shape index (κ3) is 7.59. The molecule has 0 saturated heterocycles. The van der Waals surface area contributed by atoms with Gasteiger partial charge in [0.25, 0.3) is 5.91 Å². The van der Waals surface area contributed by atoms with E-state index in [1.54, 1.807) is 21.9 Å². The van der Waals surface area contributed by atoms with Crippen LogP contribution in [0.25, 0.3) is 10.9 Å². The highest BCUT2D eigenvalue weighted by Crippen LogP contribution is 2.20. The summed E-state index contributed by atoms with van der Waals surface area (Å²) in [6.07, 6.45) is 7.15. The van der Waals surface area contributed by atoms with Crippen LogP contribution in [0.5, 0.6) is 0 Å². The van der Waals surface area contributed by atoms with Crippen molar-refractivity contribution >= 4 is 22.7 Å². The summed E-state index contributed by atoms with van der Waals surface area (Å²) in [5.74, 6) is -0.599. The highest BCUT2D eigenvalue weighted by Gasteiger charge is 2.25. The summed E-state index contributed by atoms with van der Waals surface area (Å²) in [6.45, 7) is 6.84. The first-order chi connectivity index (χ1) is 19.4. The van der Waals surface area contributed by atoms with Crippen LogP contribution in [-0.4, -0.2) is 45.7 Å². The summed E-state index contributed by atoms with van der Waals surface area (Å²) in [5.41, 5.74) is 4.84. The molecule has 4 aromatic rings. The Morgan fingerprint density at radius 2 is 1.57 bits per heavy atom. The van der Waals surface area contributed by atoms with Gasteiger partial charge in [-0.2, -0.15) is 0 Å². The standard InChI is InChI=1S/C34H40FN3O2/c1-4-5-6-9-26-12-16-28(17-13-26)34(40)38(25(2)3)24-33(39)37(23-27-14-18-30(35)19-15-27)21-20-29-22-36-32-11-8-7-10-31(29)32/h7-8,10-19,22,25,36H,4-6,9,20-21,23-24H2,1-3H3. The van der Waals surface area contributed by atoms with E-state index in [1.165, 1.54) is 30.5 Å². The van der Waals surface area contributed by atoms with Crippen LogP contribution < -0.4 is 0 Å². The average molecular weight is 542 g/mol. The molecular weight excluding hydrogens is 501 g/mol. The van der Waals surface area contributed by atoms with Gasteiger partial charge in [0.2, 0.25) is 5.91 Å². The Hall–Kier alpha value is -3.93. The maximum absolute atomic E-state index is 13.7. The molecule has 0 atom stereocenters. The average Bonchev–Trinajstić information content (AvgIpc) is 3.38. The molecule has 210 valence electrons. The van der Waals surface area contributed by atoms with Crippen LogP contribution in [0.2, 0.25) is 0 Å². The molecule has 1 aromatic heterocycles. The SMILES string of the molecule is CCCCCc1ccc(C(=O)N(CC(=O)N(CCc2c[nH]c3ccccc23)Cc2ccc(F)cc2)C(C)C)cc1. The van der Waals surface area contributed by atoms with Gasteiger partial charge in [-0.1, -0.05) is 62.2 Å². The molecule has 0 fully saturated rings. The van der Waals surface area contributed by atoms with E-state index < -0.39 is 0 Å². The van der Waals surface area contributed by atoms with Crippen molar-refractivity contribution in [3.63, 3.8) is 0 Å². The first kappa shape index (κ1) is 29.1. The number of unbranched alkanes of at least 4 members (excludes halogenated alkanes) is 2. The first-order valence-electron chi connectivity index (χ1n) is 14.3. The molecule has 6 heteroatoms. The molecule has 40 heavy (non-hydrogen) atoms. The fourth-order valence-electron chi connectivity index (χ4n) is 4.99. The molecule has 2 amide bonds. The smallest absolute Gasteiger partial charge is 0.254 e. The molecule has 0 spiro atoms. The zero-order chi connectivity index (χ0) is 28.5. The largest absolute Gasteiger partial charge is 0.361 e. The van der Waals surface area contributed by atoms with Crippen LogP contribution in [0.1, 0.15) is 67.1 Å². The van der Waals surface area contributed by atoms with Crippen LogP contribution >= 0.6 is 0 Å². The Balaban J connectivity index is 1.49. The number of nitrogens with zero attached hydrogens (tertiary/aromatic N) is 2. The predicted octanol–water partition coefficient (Wildman–Crippen LogP) is 7.16. The Kier molecular flexibility index (Phi) is 10.1. The Labute approximate surface area is 237 Å². The summed E-state index contributed by atoms with van der Waals surface area (Å²) in [7, 11) is 0. The lowest BCUT2D eigenvalue weighted by Crippen LogP contribution is -2.46. The van der Waals surface area contributed by atoms with Crippen molar-refractivity contribution < 1.29 is 14.0 Å². The summed E-state index contributed by atoms with van der Waals surface area (Å²) in [4.78, 5) is 34.0. The number of halogens is 1. The molecule has 0 aliphatic carbocycles. The zero-order valence-electron chi connectivity index (χ0n) is 23.8. The highest BCUT2D eigenvalue weighted by molar-refractivity contribution is 5.96. The number of aryl methyl sites for hydroxylation is 1. The van der Waals surface area contributed by atoms with E-state index in [4.69, 9.17) is 0 Å². The lowest BCUT2D eigenvalue weighted by molar-refractivity contribution is -0.132. The molecule has 1 N–H and O–H groups in total. The number of benzene rings is 3. The number of H-pyrrole nitrogens is 1. The summed E-state index contributed by atoms with van der Waals surface area (Å²) in [6, 6.07) is 22.0. The Morgan fingerprint density at radius 3 is 2.27 bits per heavy atom. The van der Waals surface area contributed by atoms with Crippen LogP contribution in [-0.2, 0) is 24.2 Å². The number of nitrogens with one attached hydrogen (secondary N) is 1. The third-order valence-corrected chi connectivity index (χ3v) is 7.43. The van der Waals surface area contributed by atoms with E-state index >= 15 is 0 Å². The van der Waals surface area contributed by atoms with Crippen molar-refractivity contribution in [3.8, 4) is 0 Å². The number of amides is 2. The van der Waals surface area contributed by atoms with E-state index in [0.29, 0.717) is 25.1 Å². The molecule has 5 nitrogen and oxygen atoms in total. The number of hydrogen-bond donors (Lipinski definition) is 1. The van der Waals surface area contributed by atoms with E-state index in [-0.39, 0.29) is 30.2 Å². The van der Waals surface area contributed by atoms with Crippen molar-refractivity contribution in [1.82, 2.24) is 14.8 Å². The number of fused-ring (bicyclic) bond motifs is 1. The normalized spacial score (nSPS) is 11.2. The van der Waals surface area contributed by atoms with Crippen molar-refractivity contribution in [3.05, 3.63) is 107 Å². The van der Waals surface area contributed by atoms with Crippen LogP contribution in [0, 0.1) is 5.82 Å². The Morgan fingerprint density at radius 1 is 0.875 bits per heavy atom. The van der Waals surface area contributed by atoms with Gasteiger partial charge in [-0.15, -0.1) is 0 Å². The van der Waals surface area contributed by atoms with Crippen molar-refractivity contribution in [2.24, 2.45) is 0 Å².